The quantitative estimate of drug-likeness (QED) is 0.510. The Labute approximate surface area is 73.9 Å². The van der Waals surface area contributed by atoms with E-state index in [0.29, 0.717) is 0 Å². The molecule has 0 fully saturated rings. The van der Waals surface area contributed by atoms with Crippen LogP contribution in [0, 0.1) is 0 Å². The zero-order valence-corrected chi connectivity index (χ0v) is 6.75. The summed E-state index contributed by atoms with van der Waals surface area (Å²) in [5.74, 6) is 0. The molecular formula is C9H6N4. The van der Waals surface area contributed by atoms with Gasteiger partial charge in [0.2, 0.25) is 0 Å². The molecule has 3 aromatic heterocycles. The second-order valence-electron chi connectivity index (χ2n) is 2.76. The Kier molecular flexibility index (Phi) is 1.14. The number of hydrogen-bond donors (Lipinski definition) is 0. The van der Waals surface area contributed by atoms with E-state index in [4.69, 9.17) is 0 Å². The molecule has 0 saturated carbocycles. The number of pyridine rings is 1. The Balaban J connectivity index is 2.64. The van der Waals surface area contributed by atoms with Gasteiger partial charge in [-0.2, -0.15) is 5.10 Å². The first kappa shape index (κ1) is 6.54. The molecule has 0 aliphatic heterocycles. The molecule has 3 aromatic rings. The summed E-state index contributed by atoms with van der Waals surface area (Å²) in [4.78, 5) is 8.43. The van der Waals surface area contributed by atoms with Gasteiger partial charge < -0.3 is 0 Å². The number of rotatable bonds is 0. The average Bonchev–Trinajstić information content (AvgIpc) is 2.56. The largest absolute Gasteiger partial charge is 0.251 e. The van der Waals surface area contributed by atoms with Gasteiger partial charge in [0.15, 0.2) is 5.65 Å². The van der Waals surface area contributed by atoms with Gasteiger partial charge in [-0.3, -0.25) is 4.98 Å². The molecule has 0 atom stereocenters. The smallest absolute Gasteiger partial charge is 0.181 e. The Morgan fingerprint density at radius 2 is 2.00 bits per heavy atom. The van der Waals surface area contributed by atoms with Gasteiger partial charge in [-0.05, 0) is 18.2 Å². The predicted molar refractivity (Wildman–Crippen MR) is 48.3 cm³/mol. The van der Waals surface area contributed by atoms with Crippen molar-refractivity contribution in [3.05, 3.63) is 36.8 Å². The number of hydrogen-bond acceptors (Lipinski definition) is 3. The molecule has 13 heavy (non-hydrogen) atoms. The molecule has 0 aliphatic rings. The molecular weight excluding hydrogens is 164 g/mol. The monoisotopic (exact) mass is 170 g/mol. The summed E-state index contributed by atoms with van der Waals surface area (Å²) in [6.07, 6.45) is 5.36. The van der Waals surface area contributed by atoms with E-state index in [1.807, 2.05) is 24.4 Å². The van der Waals surface area contributed by atoms with Crippen molar-refractivity contribution in [2.45, 2.75) is 0 Å². The van der Waals surface area contributed by atoms with Gasteiger partial charge in [0, 0.05) is 18.6 Å². The van der Waals surface area contributed by atoms with E-state index in [-0.39, 0.29) is 0 Å². The Hall–Kier alpha value is -1.97. The fourth-order valence-corrected chi connectivity index (χ4v) is 1.38. The third-order valence-electron chi connectivity index (χ3n) is 1.94. The van der Waals surface area contributed by atoms with Crippen LogP contribution in [0.25, 0.3) is 16.7 Å². The summed E-state index contributed by atoms with van der Waals surface area (Å²) in [5, 5.41) is 4.31. The molecule has 4 heteroatoms. The lowest BCUT2D eigenvalue weighted by atomic mass is 10.4. The van der Waals surface area contributed by atoms with E-state index in [9.17, 15) is 0 Å². The minimum Gasteiger partial charge on any atom is -0.251 e. The third-order valence-corrected chi connectivity index (χ3v) is 1.94. The van der Waals surface area contributed by atoms with E-state index < -0.39 is 0 Å². The standard InChI is InChI=1S/C9H6N4/c1-3-7-8(10-4-1)9-11-5-2-6-13(9)12-7/h1-6H. The maximum absolute atomic E-state index is 4.31. The minimum absolute atomic E-state index is 0.804. The first-order chi connectivity index (χ1) is 6.45. The van der Waals surface area contributed by atoms with E-state index in [1.54, 1.807) is 16.9 Å². The lowest BCUT2D eigenvalue weighted by Gasteiger charge is -1.87. The van der Waals surface area contributed by atoms with Gasteiger partial charge in [-0.1, -0.05) is 0 Å². The Morgan fingerprint density at radius 1 is 1.08 bits per heavy atom. The molecule has 0 bridgehead atoms. The number of fused-ring (bicyclic) bond motifs is 3. The Bertz CT molecular complexity index is 519. The highest BCUT2D eigenvalue weighted by Gasteiger charge is 2.03. The van der Waals surface area contributed by atoms with Gasteiger partial charge in [-0.25, -0.2) is 9.50 Å². The van der Waals surface area contributed by atoms with Gasteiger partial charge in [0.1, 0.15) is 11.0 Å². The van der Waals surface area contributed by atoms with Crippen molar-refractivity contribution in [1.82, 2.24) is 19.6 Å². The topological polar surface area (TPSA) is 43.1 Å². The van der Waals surface area contributed by atoms with Crippen LogP contribution in [-0.4, -0.2) is 19.6 Å². The van der Waals surface area contributed by atoms with Crippen LogP contribution in [0.1, 0.15) is 0 Å². The van der Waals surface area contributed by atoms with Crippen molar-refractivity contribution >= 4 is 16.7 Å². The van der Waals surface area contributed by atoms with Gasteiger partial charge in [0.25, 0.3) is 0 Å². The summed E-state index contributed by atoms with van der Waals surface area (Å²) in [7, 11) is 0. The van der Waals surface area contributed by atoms with E-state index in [1.165, 1.54) is 0 Å². The first-order valence-electron chi connectivity index (χ1n) is 3.99. The third kappa shape index (κ3) is 0.823. The van der Waals surface area contributed by atoms with Crippen LogP contribution in [0.3, 0.4) is 0 Å². The number of aromatic nitrogens is 4. The van der Waals surface area contributed by atoms with E-state index in [2.05, 4.69) is 15.1 Å². The SMILES string of the molecule is c1cnc2c(c1)nn1cccnc21. The highest BCUT2D eigenvalue weighted by Crippen LogP contribution is 2.12. The van der Waals surface area contributed by atoms with Crippen LogP contribution >= 0.6 is 0 Å². The maximum atomic E-state index is 4.31. The fraction of sp³-hybridized carbons (Fsp3) is 0. The summed E-state index contributed by atoms with van der Waals surface area (Å²) in [6.45, 7) is 0. The average molecular weight is 170 g/mol. The molecule has 3 rings (SSSR count). The maximum Gasteiger partial charge on any atom is 0.181 e. The molecule has 0 aromatic carbocycles. The summed E-state index contributed by atoms with van der Waals surface area (Å²) in [6, 6.07) is 5.64. The Morgan fingerprint density at radius 3 is 3.00 bits per heavy atom. The normalized spacial score (nSPS) is 11.1. The predicted octanol–water partition coefficient (Wildman–Crippen LogP) is 1.28. The van der Waals surface area contributed by atoms with Crippen molar-refractivity contribution in [2.75, 3.05) is 0 Å². The van der Waals surface area contributed by atoms with Crippen molar-refractivity contribution in [3.63, 3.8) is 0 Å². The van der Waals surface area contributed by atoms with Gasteiger partial charge >= 0.3 is 0 Å². The van der Waals surface area contributed by atoms with Crippen LogP contribution in [0.4, 0.5) is 0 Å². The zero-order valence-electron chi connectivity index (χ0n) is 6.75. The molecule has 0 amide bonds. The van der Waals surface area contributed by atoms with Crippen LogP contribution < -0.4 is 0 Å². The van der Waals surface area contributed by atoms with Crippen LogP contribution in [0.15, 0.2) is 36.8 Å². The minimum atomic E-state index is 0.804. The summed E-state index contributed by atoms with van der Waals surface area (Å²) in [5.41, 5.74) is 2.53. The number of nitrogens with zero attached hydrogens (tertiary/aromatic N) is 4. The summed E-state index contributed by atoms with van der Waals surface area (Å²) >= 11 is 0. The molecule has 0 saturated heterocycles. The van der Waals surface area contributed by atoms with Crippen molar-refractivity contribution in [3.8, 4) is 0 Å². The van der Waals surface area contributed by atoms with Crippen LogP contribution in [-0.2, 0) is 0 Å². The fourth-order valence-electron chi connectivity index (χ4n) is 1.38. The molecule has 62 valence electrons. The van der Waals surface area contributed by atoms with Crippen molar-refractivity contribution in [1.29, 1.82) is 0 Å². The van der Waals surface area contributed by atoms with Gasteiger partial charge in [-0.15, -0.1) is 0 Å². The van der Waals surface area contributed by atoms with Crippen molar-refractivity contribution in [2.24, 2.45) is 0 Å². The molecule has 3 heterocycles. The van der Waals surface area contributed by atoms with Crippen LogP contribution in [0.5, 0.6) is 0 Å². The highest BCUT2D eigenvalue weighted by atomic mass is 15.2. The molecule has 0 N–H and O–H groups in total. The second-order valence-corrected chi connectivity index (χ2v) is 2.76. The highest BCUT2D eigenvalue weighted by molar-refractivity contribution is 5.87. The van der Waals surface area contributed by atoms with E-state index in [0.717, 1.165) is 16.7 Å². The lowest BCUT2D eigenvalue weighted by Crippen LogP contribution is -1.86. The van der Waals surface area contributed by atoms with Gasteiger partial charge in [0.05, 0.1) is 0 Å². The first-order valence-corrected chi connectivity index (χ1v) is 3.99. The second kappa shape index (κ2) is 2.26. The molecule has 0 aliphatic carbocycles. The lowest BCUT2D eigenvalue weighted by molar-refractivity contribution is 0.957. The molecule has 0 unspecified atom stereocenters. The summed E-state index contributed by atoms with van der Waals surface area (Å²) < 4.78 is 1.73. The van der Waals surface area contributed by atoms with Crippen molar-refractivity contribution < 1.29 is 0 Å². The molecule has 0 radical (unpaired) electrons. The zero-order chi connectivity index (χ0) is 8.67. The van der Waals surface area contributed by atoms with E-state index >= 15 is 0 Å². The molecule has 0 spiro atoms. The molecule has 4 nitrogen and oxygen atoms in total. The van der Waals surface area contributed by atoms with Crippen LogP contribution in [0.2, 0.25) is 0 Å².